The quantitative estimate of drug-likeness (QED) is 0.478. The number of allylic oxidation sites excluding steroid dienone is 6. The molecule has 1 radical (unpaired) electrons. The Morgan fingerprint density at radius 3 is 2.19 bits per heavy atom. The van der Waals surface area contributed by atoms with Crippen LogP contribution in [0, 0.1) is 5.92 Å². The van der Waals surface area contributed by atoms with Crippen LogP contribution in [-0.4, -0.2) is 0 Å². The monoisotopic (exact) mass is 217 g/mol. The Labute approximate surface area is 101 Å². The van der Waals surface area contributed by atoms with Crippen molar-refractivity contribution in [2.45, 2.75) is 59.8 Å². The smallest absolute Gasteiger partial charge is 0.00251 e. The lowest BCUT2D eigenvalue weighted by Crippen LogP contribution is -1.95. The van der Waals surface area contributed by atoms with Crippen molar-refractivity contribution in [1.29, 1.82) is 0 Å². The highest BCUT2D eigenvalue weighted by Gasteiger charge is 2.05. The van der Waals surface area contributed by atoms with E-state index in [4.69, 9.17) is 0 Å². The minimum atomic E-state index is 1.09. The highest BCUT2D eigenvalue weighted by Crippen LogP contribution is 2.23. The van der Waals surface area contributed by atoms with Crippen LogP contribution in [0.15, 0.2) is 34.9 Å². The van der Waals surface area contributed by atoms with Crippen LogP contribution in [-0.2, 0) is 0 Å². The van der Waals surface area contributed by atoms with Gasteiger partial charge in [0, 0.05) is 0 Å². The van der Waals surface area contributed by atoms with Crippen LogP contribution in [0.4, 0.5) is 0 Å². The fourth-order valence-corrected chi connectivity index (χ4v) is 1.94. The van der Waals surface area contributed by atoms with E-state index >= 15 is 0 Å². The highest BCUT2D eigenvalue weighted by atomic mass is 14.1. The average molecular weight is 217 g/mol. The Hall–Kier alpha value is -0.780. The molecule has 16 heavy (non-hydrogen) atoms. The van der Waals surface area contributed by atoms with E-state index in [2.05, 4.69) is 45.9 Å². The molecular formula is C16H25. The molecular weight excluding hydrogens is 192 g/mol. The molecule has 0 amide bonds. The van der Waals surface area contributed by atoms with Crippen LogP contribution in [0.2, 0.25) is 0 Å². The zero-order valence-corrected chi connectivity index (χ0v) is 11.3. The lowest BCUT2D eigenvalue weighted by molar-refractivity contribution is 0.820. The molecule has 1 aliphatic rings. The zero-order valence-electron chi connectivity index (χ0n) is 11.3. The fourth-order valence-electron chi connectivity index (χ4n) is 1.94. The van der Waals surface area contributed by atoms with Crippen LogP contribution in [0.25, 0.3) is 0 Å². The fraction of sp³-hybridized carbons (Fsp3) is 0.562. The molecule has 0 spiro atoms. The van der Waals surface area contributed by atoms with Crippen LogP contribution in [0.3, 0.4) is 0 Å². The van der Waals surface area contributed by atoms with Gasteiger partial charge in [0.1, 0.15) is 0 Å². The zero-order chi connectivity index (χ0) is 12.0. The maximum Gasteiger partial charge on any atom is -0.00251 e. The SMILES string of the molecule is C[C]1CC/C(C)=C/CC/C(C)=C/C/C=C/1C. The third kappa shape index (κ3) is 4.83. The van der Waals surface area contributed by atoms with Gasteiger partial charge in [-0.25, -0.2) is 0 Å². The number of hydrogen-bond donors (Lipinski definition) is 0. The van der Waals surface area contributed by atoms with Crippen molar-refractivity contribution < 1.29 is 0 Å². The van der Waals surface area contributed by atoms with Crippen LogP contribution >= 0.6 is 0 Å². The van der Waals surface area contributed by atoms with Gasteiger partial charge in [0.25, 0.3) is 0 Å². The summed E-state index contributed by atoms with van der Waals surface area (Å²) in [5, 5.41) is 0. The molecule has 0 aromatic heterocycles. The Morgan fingerprint density at radius 2 is 1.44 bits per heavy atom. The minimum Gasteiger partial charge on any atom is -0.0853 e. The summed E-state index contributed by atoms with van der Waals surface area (Å²) in [4.78, 5) is 0. The normalized spacial score (nSPS) is 31.1. The van der Waals surface area contributed by atoms with Gasteiger partial charge in [0.05, 0.1) is 0 Å². The van der Waals surface area contributed by atoms with E-state index < -0.39 is 0 Å². The first-order valence-corrected chi connectivity index (χ1v) is 6.40. The molecule has 0 N–H and O–H groups in total. The molecule has 1 rings (SSSR count). The Balaban J connectivity index is 2.74. The molecule has 0 aliphatic heterocycles. The minimum absolute atomic E-state index is 1.09. The first-order valence-electron chi connectivity index (χ1n) is 6.40. The van der Waals surface area contributed by atoms with Gasteiger partial charge in [-0.1, -0.05) is 41.9 Å². The molecule has 89 valence electrons. The predicted molar refractivity (Wildman–Crippen MR) is 73.3 cm³/mol. The highest BCUT2D eigenvalue weighted by molar-refractivity contribution is 5.22. The summed E-state index contributed by atoms with van der Waals surface area (Å²) < 4.78 is 0. The van der Waals surface area contributed by atoms with Gasteiger partial charge in [0.15, 0.2) is 0 Å². The third-order valence-electron chi connectivity index (χ3n) is 3.49. The number of rotatable bonds is 0. The van der Waals surface area contributed by atoms with Crippen molar-refractivity contribution in [1.82, 2.24) is 0 Å². The second-order valence-corrected chi connectivity index (χ2v) is 5.04. The van der Waals surface area contributed by atoms with Crippen LogP contribution < -0.4 is 0 Å². The molecule has 0 atom stereocenters. The summed E-state index contributed by atoms with van der Waals surface area (Å²) in [6, 6.07) is 0. The molecule has 1 aliphatic carbocycles. The lowest BCUT2D eigenvalue weighted by Gasteiger charge is -2.12. The Morgan fingerprint density at radius 1 is 0.750 bits per heavy atom. The molecule has 0 heterocycles. The largest absolute Gasteiger partial charge is 0.0853 e. The summed E-state index contributed by atoms with van der Waals surface area (Å²) in [6.07, 6.45) is 13.1. The summed E-state index contributed by atoms with van der Waals surface area (Å²) >= 11 is 0. The summed E-state index contributed by atoms with van der Waals surface area (Å²) in [7, 11) is 0. The standard InChI is InChI=1S/C16H25/c1-13-7-5-8-14(2)11-12-16(4)15(3)10-6-9-13/h8-10H,5-7,11-12H2,1-4H3/b13-9+,14-8+,15-10+. The number of hydrogen-bond acceptors (Lipinski definition) is 0. The van der Waals surface area contributed by atoms with Crippen molar-refractivity contribution in [3.63, 3.8) is 0 Å². The second kappa shape index (κ2) is 6.73. The van der Waals surface area contributed by atoms with E-state index in [1.807, 2.05) is 0 Å². The molecule has 0 nitrogen and oxygen atoms in total. The van der Waals surface area contributed by atoms with Gasteiger partial charge < -0.3 is 0 Å². The van der Waals surface area contributed by atoms with E-state index in [1.165, 1.54) is 36.8 Å². The molecule has 0 heteroatoms. The van der Waals surface area contributed by atoms with E-state index in [9.17, 15) is 0 Å². The van der Waals surface area contributed by atoms with Gasteiger partial charge in [-0.2, -0.15) is 0 Å². The average Bonchev–Trinajstić information content (AvgIpc) is 2.24. The van der Waals surface area contributed by atoms with Gasteiger partial charge in [0.2, 0.25) is 0 Å². The molecule has 0 bridgehead atoms. The summed E-state index contributed by atoms with van der Waals surface area (Å²) in [5.41, 5.74) is 4.53. The van der Waals surface area contributed by atoms with Crippen LogP contribution in [0.5, 0.6) is 0 Å². The van der Waals surface area contributed by atoms with Crippen molar-refractivity contribution in [3.8, 4) is 0 Å². The third-order valence-corrected chi connectivity index (χ3v) is 3.49. The summed E-state index contributed by atoms with van der Waals surface area (Å²) in [6.45, 7) is 9.01. The molecule has 0 aromatic rings. The summed E-state index contributed by atoms with van der Waals surface area (Å²) in [5.74, 6) is 1.54. The Bertz CT molecular complexity index is 302. The molecule has 0 saturated carbocycles. The van der Waals surface area contributed by atoms with Crippen molar-refractivity contribution in [2.75, 3.05) is 0 Å². The van der Waals surface area contributed by atoms with Crippen LogP contribution in [0.1, 0.15) is 59.8 Å². The molecule has 0 unspecified atom stereocenters. The molecule has 0 fully saturated rings. The maximum absolute atomic E-state index is 2.41. The van der Waals surface area contributed by atoms with Gasteiger partial charge in [-0.15, -0.1) is 0 Å². The van der Waals surface area contributed by atoms with Gasteiger partial charge >= 0.3 is 0 Å². The van der Waals surface area contributed by atoms with Gasteiger partial charge in [-0.3, -0.25) is 0 Å². The topological polar surface area (TPSA) is 0 Å². The van der Waals surface area contributed by atoms with Crippen molar-refractivity contribution >= 4 is 0 Å². The van der Waals surface area contributed by atoms with E-state index in [0.29, 0.717) is 0 Å². The van der Waals surface area contributed by atoms with Gasteiger partial charge in [-0.05, 0) is 58.8 Å². The second-order valence-electron chi connectivity index (χ2n) is 5.04. The first kappa shape index (κ1) is 13.3. The van der Waals surface area contributed by atoms with Crippen molar-refractivity contribution in [2.24, 2.45) is 0 Å². The van der Waals surface area contributed by atoms with E-state index in [0.717, 1.165) is 6.42 Å². The predicted octanol–water partition coefficient (Wildman–Crippen LogP) is 5.38. The van der Waals surface area contributed by atoms with E-state index in [1.54, 1.807) is 11.5 Å². The molecule has 0 saturated heterocycles. The Kier molecular flexibility index (Phi) is 5.59. The molecule has 0 aromatic carbocycles. The maximum atomic E-state index is 2.41. The van der Waals surface area contributed by atoms with E-state index in [-0.39, 0.29) is 0 Å². The first-order chi connectivity index (χ1) is 7.59. The lowest BCUT2D eigenvalue weighted by atomic mass is 9.93. The van der Waals surface area contributed by atoms with Crippen molar-refractivity contribution in [3.05, 3.63) is 40.9 Å².